The number of halogens is 1. The van der Waals surface area contributed by atoms with Crippen molar-refractivity contribution in [3.63, 3.8) is 0 Å². The first-order valence-corrected chi connectivity index (χ1v) is 9.69. The van der Waals surface area contributed by atoms with Gasteiger partial charge < -0.3 is 24.7 Å². The molecule has 1 heterocycles. The lowest BCUT2D eigenvalue weighted by atomic mass is 10.0. The monoisotopic (exact) mass is 431 g/mol. The minimum absolute atomic E-state index is 0.00418. The first-order chi connectivity index (χ1) is 14.3. The van der Waals surface area contributed by atoms with Crippen LogP contribution in [0.3, 0.4) is 0 Å². The number of ether oxygens (including phenoxy) is 2. The van der Waals surface area contributed by atoms with E-state index in [2.05, 4.69) is 4.98 Å². The van der Waals surface area contributed by atoms with Gasteiger partial charge in [-0.1, -0.05) is 30.3 Å². The standard InChI is InChI=1S/C21H22ClN3O5/c1-21(26,11-12-24-13-19(25(27)28)23-20(24)22)15-30-18-9-7-17(8-10-18)29-14-16-5-3-2-4-6-16/h2-10,13,26H,11-12,14-15H2,1H3. The van der Waals surface area contributed by atoms with Crippen LogP contribution < -0.4 is 9.47 Å². The number of hydrogen-bond donors (Lipinski definition) is 1. The summed E-state index contributed by atoms with van der Waals surface area (Å²) in [4.78, 5) is 13.8. The van der Waals surface area contributed by atoms with Gasteiger partial charge in [0.1, 0.15) is 30.9 Å². The van der Waals surface area contributed by atoms with Gasteiger partial charge in [-0.25, -0.2) is 0 Å². The van der Waals surface area contributed by atoms with Crippen LogP contribution in [0.2, 0.25) is 5.28 Å². The predicted octanol–water partition coefficient (Wildman–Crippen LogP) is 4.24. The molecule has 1 atom stereocenters. The Morgan fingerprint density at radius 3 is 2.37 bits per heavy atom. The van der Waals surface area contributed by atoms with E-state index >= 15 is 0 Å². The van der Waals surface area contributed by atoms with E-state index in [0.717, 1.165) is 5.56 Å². The van der Waals surface area contributed by atoms with E-state index in [4.69, 9.17) is 21.1 Å². The van der Waals surface area contributed by atoms with Crippen molar-refractivity contribution in [1.82, 2.24) is 9.55 Å². The van der Waals surface area contributed by atoms with Crippen molar-refractivity contribution >= 4 is 17.4 Å². The Balaban J connectivity index is 1.47. The van der Waals surface area contributed by atoms with Crippen molar-refractivity contribution in [3.05, 3.63) is 81.8 Å². The molecule has 0 saturated heterocycles. The molecule has 1 N–H and O–H groups in total. The minimum atomic E-state index is -1.16. The Hall–Kier alpha value is -3.10. The third kappa shape index (κ3) is 6.20. The fourth-order valence-electron chi connectivity index (χ4n) is 2.67. The Kier molecular flexibility index (Phi) is 6.91. The molecule has 8 nitrogen and oxygen atoms in total. The molecule has 9 heteroatoms. The van der Waals surface area contributed by atoms with E-state index in [9.17, 15) is 15.2 Å². The summed E-state index contributed by atoms with van der Waals surface area (Å²) < 4.78 is 12.8. The van der Waals surface area contributed by atoms with Gasteiger partial charge in [0.15, 0.2) is 0 Å². The highest BCUT2D eigenvalue weighted by atomic mass is 35.5. The molecule has 0 spiro atoms. The minimum Gasteiger partial charge on any atom is -0.491 e. The first kappa shape index (κ1) is 21.6. The molecule has 3 aromatic rings. The Bertz CT molecular complexity index is 974. The van der Waals surface area contributed by atoms with Crippen LogP contribution in [0.1, 0.15) is 18.9 Å². The highest BCUT2D eigenvalue weighted by molar-refractivity contribution is 6.28. The van der Waals surface area contributed by atoms with E-state index in [1.807, 2.05) is 30.3 Å². The molecule has 0 bridgehead atoms. The molecule has 0 saturated carbocycles. The van der Waals surface area contributed by atoms with Crippen molar-refractivity contribution in [3.8, 4) is 11.5 Å². The van der Waals surface area contributed by atoms with Crippen molar-refractivity contribution in [2.45, 2.75) is 32.1 Å². The molecule has 158 valence electrons. The first-order valence-electron chi connectivity index (χ1n) is 9.31. The Morgan fingerprint density at radius 2 is 1.77 bits per heavy atom. The number of imidazole rings is 1. The van der Waals surface area contributed by atoms with Gasteiger partial charge in [0.05, 0.1) is 5.60 Å². The van der Waals surface area contributed by atoms with Crippen LogP contribution in [-0.4, -0.2) is 31.8 Å². The van der Waals surface area contributed by atoms with Crippen molar-refractivity contribution in [1.29, 1.82) is 0 Å². The van der Waals surface area contributed by atoms with Crippen LogP contribution in [0.15, 0.2) is 60.8 Å². The zero-order valence-electron chi connectivity index (χ0n) is 16.4. The van der Waals surface area contributed by atoms with Crippen molar-refractivity contribution in [2.24, 2.45) is 0 Å². The molecule has 30 heavy (non-hydrogen) atoms. The average molecular weight is 432 g/mol. The summed E-state index contributed by atoms with van der Waals surface area (Å²) in [6.07, 6.45) is 1.52. The molecular weight excluding hydrogens is 410 g/mol. The number of aryl methyl sites for hydroxylation is 1. The SMILES string of the molecule is CC(O)(CCn1cc([N+](=O)[O-])nc1Cl)COc1ccc(OCc2ccccc2)cc1. The van der Waals surface area contributed by atoms with E-state index < -0.39 is 10.5 Å². The summed E-state index contributed by atoms with van der Waals surface area (Å²) in [5.74, 6) is 0.985. The number of nitro groups is 1. The van der Waals surface area contributed by atoms with Gasteiger partial charge in [0.25, 0.3) is 0 Å². The van der Waals surface area contributed by atoms with Gasteiger partial charge in [0.2, 0.25) is 0 Å². The molecule has 1 unspecified atom stereocenters. The van der Waals surface area contributed by atoms with Crippen LogP contribution >= 0.6 is 11.6 Å². The van der Waals surface area contributed by atoms with Crippen molar-refractivity contribution < 1.29 is 19.5 Å². The molecule has 0 fully saturated rings. The number of nitrogens with zero attached hydrogens (tertiary/aromatic N) is 3. The van der Waals surface area contributed by atoms with E-state index in [1.165, 1.54) is 10.8 Å². The second kappa shape index (κ2) is 9.60. The largest absolute Gasteiger partial charge is 0.491 e. The second-order valence-electron chi connectivity index (χ2n) is 7.10. The molecule has 0 aliphatic rings. The van der Waals surface area contributed by atoms with E-state index in [0.29, 0.717) is 18.1 Å². The molecule has 0 radical (unpaired) electrons. The molecular formula is C21H22ClN3O5. The van der Waals surface area contributed by atoms with Crippen LogP contribution in [0, 0.1) is 10.1 Å². The Morgan fingerprint density at radius 1 is 1.13 bits per heavy atom. The topological polar surface area (TPSA) is 99.7 Å². The third-order valence-electron chi connectivity index (χ3n) is 4.42. The van der Waals surface area contributed by atoms with Crippen LogP contribution in [0.5, 0.6) is 11.5 Å². The highest BCUT2D eigenvalue weighted by Crippen LogP contribution is 2.22. The van der Waals surface area contributed by atoms with Gasteiger partial charge in [-0.15, -0.1) is 0 Å². The summed E-state index contributed by atoms with van der Waals surface area (Å²) in [5, 5.41) is 21.3. The van der Waals surface area contributed by atoms with Gasteiger partial charge in [0, 0.05) is 6.54 Å². The number of rotatable bonds is 10. The smallest absolute Gasteiger partial charge is 0.383 e. The lowest BCUT2D eigenvalue weighted by Gasteiger charge is -2.23. The normalized spacial score (nSPS) is 12.9. The van der Waals surface area contributed by atoms with Gasteiger partial charge in [-0.05, 0) is 64.7 Å². The Labute approximate surface area is 178 Å². The van der Waals surface area contributed by atoms with Crippen LogP contribution in [0.25, 0.3) is 0 Å². The summed E-state index contributed by atoms with van der Waals surface area (Å²) >= 11 is 5.89. The second-order valence-corrected chi connectivity index (χ2v) is 7.44. The lowest BCUT2D eigenvalue weighted by Crippen LogP contribution is -2.33. The molecule has 2 aromatic carbocycles. The molecule has 0 aliphatic heterocycles. The summed E-state index contributed by atoms with van der Waals surface area (Å²) in [6.45, 7) is 2.42. The zero-order valence-corrected chi connectivity index (χ0v) is 17.2. The average Bonchev–Trinajstić information content (AvgIpc) is 3.12. The highest BCUT2D eigenvalue weighted by Gasteiger charge is 2.24. The van der Waals surface area contributed by atoms with E-state index in [-0.39, 0.29) is 30.7 Å². The fourth-order valence-corrected chi connectivity index (χ4v) is 2.89. The lowest BCUT2D eigenvalue weighted by molar-refractivity contribution is -0.389. The number of aliphatic hydroxyl groups is 1. The molecule has 3 rings (SSSR count). The zero-order chi connectivity index (χ0) is 21.6. The summed E-state index contributed by atoms with van der Waals surface area (Å²) in [7, 11) is 0. The molecule has 0 amide bonds. The maximum absolute atomic E-state index is 10.8. The molecule has 0 aliphatic carbocycles. The third-order valence-corrected chi connectivity index (χ3v) is 4.72. The number of hydrogen-bond acceptors (Lipinski definition) is 6. The number of aromatic nitrogens is 2. The van der Waals surface area contributed by atoms with Crippen molar-refractivity contribution in [2.75, 3.05) is 6.61 Å². The fraction of sp³-hybridized carbons (Fsp3) is 0.286. The summed E-state index contributed by atoms with van der Waals surface area (Å²) in [5.41, 5.74) is -0.0811. The van der Waals surface area contributed by atoms with Gasteiger partial charge in [-0.3, -0.25) is 4.57 Å². The molecule has 1 aromatic heterocycles. The summed E-state index contributed by atoms with van der Waals surface area (Å²) in [6, 6.07) is 17.0. The quantitative estimate of drug-likeness (QED) is 0.380. The maximum atomic E-state index is 10.8. The van der Waals surface area contributed by atoms with Gasteiger partial charge in [-0.2, -0.15) is 0 Å². The van der Waals surface area contributed by atoms with Crippen LogP contribution in [0.4, 0.5) is 5.82 Å². The van der Waals surface area contributed by atoms with Crippen LogP contribution in [-0.2, 0) is 13.2 Å². The predicted molar refractivity (Wildman–Crippen MR) is 112 cm³/mol. The van der Waals surface area contributed by atoms with E-state index in [1.54, 1.807) is 31.2 Å². The van der Waals surface area contributed by atoms with Gasteiger partial charge >= 0.3 is 11.1 Å². The maximum Gasteiger partial charge on any atom is 0.383 e. The number of benzene rings is 2.